The van der Waals surface area contributed by atoms with E-state index in [4.69, 9.17) is 4.74 Å². The predicted octanol–water partition coefficient (Wildman–Crippen LogP) is 3.71. The summed E-state index contributed by atoms with van der Waals surface area (Å²) in [6.07, 6.45) is 1.89. The van der Waals surface area contributed by atoms with Crippen molar-refractivity contribution in [2.45, 2.75) is 0 Å². The molecule has 3 aromatic rings. The molecule has 0 N–H and O–H groups in total. The Morgan fingerprint density at radius 2 is 1.80 bits per heavy atom. The Bertz CT molecular complexity index is 739. The summed E-state index contributed by atoms with van der Waals surface area (Å²) in [5.74, 6) is 0.784. The van der Waals surface area contributed by atoms with Crippen molar-refractivity contribution in [2.24, 2.45) is 0 Å². The van der Waals surface area contributed by atoms with E-state index in [1.54, 1.807) is 11.8 Å². The van der Waals surface area contributed by atoms with E-state index >= 15 is 0 Å². The van der Waals surface area contributed by atoms with Crippen LogP contribution in [0.3, 0.4) is 0 Å². The largest absolute Gasteiger partial charge is 0.496 e. The second-order valence-electron chi connectivity index (χ2n) is 4.20. The van der Waals surface area contributed by atoms with E-state index < -0.39 is 0 Å². The molecule has 20 heavy (non-hydrogen) atoms. The van der Waals surface area contributed by atoms with Gasteiger partial charge in [-0.1, -0.05) is 29.5 Å². The van der Waals surface area contributed by atoms with Crippen LogP contribution in [0.2, 0.25) is 0 Å². The topological polar surface area (TPSA) is 39.9 Å². The molecule has 1 aromatic heterocycles. The highest BCUT2D eigenvalue weighted by Gasteiger charge is 2.10. The summed E-state index contributed by atoms with van der Waals surface area (Å²) >= 11 is 3.51. The van der Waals surface area contributed by atoms with Crippen molar-refractivity contribution in [3.63, 3.8) is 0 Å². The quantitative estimate of drug-likeness (QED) is 0.735. The molecular formula is C15H12BrN3O. The maximum Gasteiger partial charge on any atom is 0.128 e. The van der Waals surface area contributed by atoms with Gasteiger partial charge in [0.05, 0.1) is 19.0 Å². The van der Waals surface area contributed by atoms with Gasteiger partial charge in [-0.2, -0.15) is 0 Å². The van der Waals surface area contributed by atoms with E-state index in [0.717, 1.165) is 27.2 Å². The first-order chi connectivity index (χ1) is 9.79. The minimum atomic E-state index is 0.776. The molecule has 0 atom stereocenters. The Kier molecular flexibility index (Phi) is 3.52. The molecule has 0 bridgehead atoms. The number of ether oxygens (including phenoxy) is 1. The van der Waals surface area contributed by atoms with Crippen molar-refractivity contribution in [1.29, 1.82) is 0 Å². The normalized spacial score (nSPS) is 10.5. The number of para-hydroxylation sites is 2. The molecule has 3 rings (SSSR count). The summed E-state index contributed by atoms with van der Waals surface area (Å²) in [5.41, 5.74) is 2.65. The highest BCUT2D eigenvalue weighted by Crippen LogP contribution is 2.28. The van der Waals surface area contributed by atoms with E-state index in [2.05, 4.69) is 26.2 Å². The molecule has 0 aliphatic rings. The molecular weight excluding hydrogens is 318 g/mol. The number of hydrogen-bond donors (Lipinski definition) is 0. The predicted molar refractivity (Wildman–Crippen MR) is 81.0 cm³/mol. The van der Waals surface area contributed by atoms with Crippen LogP contribution in [0.4, 0.5) is 0 Å². The Morgan fingerprint density at radius 3 is 2.60 bits per heavy atom. The fourth-order valence-corrected chi connectivity index (χ4v) is 2.47. The van der Waals surface area contributed by atoms with Crippen molar-refractivity contribution < 1.29 is 4.74 Å². The van der Waals surface area contributed by atoms with E-state index in [1.165, 1.54) is 0 Å². The minimum absolute atomic E-state index is 0.776. The van der Waals surface area contributed by atoms with Gasteiger partial charge in [0, 0.05) is 10.0 Å². The number of halogens is 1. The average molecular weight is 330 g/mol. The third-order valence-corrected chi connectivity index (χ3v) is 3.65. The van der Waals surface area contributed by atoms with Crippen LogP contribution in [0, 0.1) is 0 Å². The van der Waals surface area contributed by atoms with Crippen molar-refractivity contribution in [1.82, 2.24) is 15.0 Å². The Morgan fingerprint density at radius 1 is 1.05 bits per heavy atom. The number of aromatic nitrogens is 3. The molecule has 0 spiro atoms. The standard InChI is InChI=1S/C15H12BrN3O/c1-20-15-9-5-2-6-11(15)13-10-19(18-17-13)14-8-4-3-7-12(14)16/h2-10H,1H3. The van der Waals surface area contributed by atoms with Crippen molar-refractivity contribution in [3.8, 4) is 22.7 Å². The molecule has 0 radical (unpaired) electrons. The third-order valence-electron chi connectivity index (χ3n) is 2.98. The summed E-state index contributed by atoms with van der Waals surface area (Å²) < 4.78 is 8.06. The zero-order chi connectivity index (χ0) is 13.9. The van der Waals surface area contributed by atoms with E-state index in [-0.39, 0.29) is 0 Å². The van der Waals surface area contributed by atoms with Gasteiger partial charge in [-0.25, -0.2) is 4.68 Å². The Balaban J connectivity index is 2.05. The van der Waals surface area contributed by atoms with Crippen molar-refractivity contribution >= 4 is 15.9 Å². The summed E-state index contributed by atoms with van der Waals surface area (Å²) in [7, 11) is 1.65. The van der Waals surface area contributed by atoms with Crippen LogP contribution in [0.5, 0.6) is 5.75 Å². The second-order valence-corrected chi connectivity index (χ2v) is 5.05. The molecule has 0 aliphatic carbocycles. The second kappa shape index (κ2) is 5.46. The van der Waals surface area contributed by atoms with Gasteiger partial charge in [0.15, 0.2) is 0 Å². The number of hydrogen-bond acceptors (Lipinski definition) is 3. The summed E-state index contributed by atoms with van der Waals surface area (Å²) in [6.45, 7) is 0. The van der Waals surface area contributed by atoms with Crippen molar-refractivity contribution in [2.75, 3.05) is 7.11 Å². The van der Waals surface area contributed by atoms with Crippen molar-refractivity contribution in [3.05, 3.63) is 59.2 Å². The lowest BCUT2D eigenvalue weighted by atomic mass is 10.1. The monoisotopic (exact) mass is 329 g/mol. The molecule has 2 aromatic carbocycles. The lowest BCUT2D eigenvalue weighted by Crippen LogP contribution is -1.95. The van der Waals surface area contributed by atoms with Gasteiger partial charge < -0.3 is 4.74 Å². The first kappa shape index (κ1) is 12.9. The molecule has 0 saturated carbocycles. The molecule has 0 unspecified atom stereocenters. The molecule has 100 valence electrons. The highest BCUT2D eigenvalue weighted by atomic mass is 79.9. The number of rotatable bonds is 3. The van der Waals surface area contributed by atoms with Gasteiger partial charge in [-0.3, -0.25) is 0 Å². The molecule has 0 fully saturated rings. The minimum Gasteiger partial charge on any atom is -0.496 e. The Hall–Kier alpha value is -2.14. The van der Waals surface area contributed by atoms with Crippen LogP contribution in [0.1, 0.15) is 0 Å². The molecule has 0 amide bonds. The number of benzene rings is 2. The van der Waals surface area contributed by atoms with Gasteiger partial charge in [0.25, 0.3) is 0 Å². The van der Waals surface area contributed by atoms with Gasteiger partial charge in [0.1, 0.15) is 11.4 Å². The summed E-state index contributed by atoms with van der Waals surface area (Å²) in [4.78, 5) is 0. The maximum absolute atomic E-state index is 5.35. The first-order valence-corrected chi connectivity index (χ1v) is 6.89. The molecule has 0 saturated heterocycles. The summed E-state index contributed by atoms with van der Waals surface area (Å²) in [6, 6.07) is 15.6. The van der Waals surface area contributed by atoms with Gasteiger partial charge >= 0.3 is 0 Å². The fraction of sp³-hybridized carbons (Fsp3) is 0.0667. The van der Waals surface area contributed by atoms with E-state index in [9.17, 15) is 0 Å². The maximum atomic E-state index is 5.35. The van der Waals surface area contributed by atoms with Gasteiger partial charge in [-0.15, -0.1) is 5.10 Å². The Labute approximate surface area is 125 Å². The third kappa shape index (κ3) is 2.32. The molecule has 1 heterocycles. The van der Waals surface area contributed by atoms with E-state index in [0.29, 0.717) is 0 Å². The van der Waals surface area contributed by atoms with Crippen LogP contribution in [0.25, 0.3) is 16.9 Å². The lowest BCUT2D eigenvalue weighted by molar-refractivity contribution is 0.416. The lowest BCUT2D eigenvalue weighted by Gasteiger charge is -2.04. The molecule has 5 heteroatoms. The smallest absolute Gasteiger partial charge is 0.128 e. The highest BCUT2D eigenvalue weighted by molar-refractivity contribution is 9.10. The number of nitrogens with zero attached hydrogens (tertiary/aromatic N) is 3. The molecule has 4 nitrogen and oxygen atoms in total. The van der Waals surface area contributed by atoms with Crippen LogP contribution < -0.4 is 4.74 Å². The fourth-order valence-electron chi connectivity index (χ4n) is 2.00. The summed E-state index contributed by atoms with van der Waals surface area (Å²) in [5, 5.41) is 8.40. The van der Waals surface area contributed by atoms with Gasteiger partial charge in [-0.05, 0) is 40.2 Å². The van der Waals surface area contributed by atoms with Gasteiger partial charge in [0.2, 0.25) is 0 Å². The van der Waals surface area contributed by atoms with Crippen LogP contribution >= 0.6 is 15.9 Å². The number of methoxy groups -OCH3 is 1. The first-order valence-electron chi connectivity index (χ1n) is 6.10. The van der Waals surface area contributed by atoms with Crippen LogP contribution in [0.15, 0.2) is 59.2 Å². The van der Waals surface area contributed by atoms with E-state index in [1.807, 2.05) is 54.7 Å². The van der Waals surface area contributed by atoms with Crippen LogP contribution in [-0.2, 0) is 0 Å². The zero-order valence-electron chi connectivity index (χ0n) is 10.8. The van der Waals surface area contributed by atoms with Crippen LogP contribution in [-0.4, -0.2) is 22.1 Å². The average Bonchev–Trinajstić information content (AvgIpc) is 2.97. The zero-order valence-corrected chi connectivity index (χ0v) is 12.4. The SMILES string of the molecule is COc1ccccc1-c1cn(-c2ccccc2Br)nn1. The molecule has 0 aliphatic heterocycles.